The average Bonchev–Trinajstić information content (AvgIpc) is 3.58. The van der Waals surface area contributed by atoms with E-state index in [2.05, 4.69) is 15.6 Å². The molecule has 2 aliphatic rings. The molecule has 1 aromatic carbocycles. The maximum Gasteiger partial charge on any atom is 0.245 e. The van der Waals surface area contributed by atoms with Crippen molar-refractivity contribution in [1.82, 2.24) is 15.2 Å². The standard InChI is InChI=1S/C25H32N4O3S/c1-17(18-8-4-2-5-9-18)26-22(30)14-20-16-33-25(27-20)28-23(31)15-29(21-12-13-21)24(32)19-10-6-3-7-11-19/h2,4-5,8-9,16-17,19,21H,3,6-7,10-15H2,1H3,(H,26,30)(H,27,28,31). The molecule has 0 saturated heterocycles. The van der Waals surface area contributed by atoms with Gasteiger partial charge in [-0.25, -0.2) is 4.98 Å². The van der Waals surface area contributed by atoms with Crippen molar-refractivity contribution in [3.63, 3.8) is 0 Å². The maximum absolute atomic E-state index is 13.0. The summed E-state index contributed by atoms with van der Waals surface area (Å²) in [7, 11) is 0. The lowest BCUT2D eigenvalue weighted by atomic mass is 9.88. The summed E-state index contributed by atoms with van der Waals surface area (Å²) in [5.74, 6) is -0.145. The first-order valence-corrected chi connectivity index (χ1v) is 12.8. The zero-order valence-electron chi connectivity index (χ0n) is 19.1. The summed E-state index contributed by atoms with van der Waals surface area (Å²) in [6, 6.07) is 9.90. The second kappa shape index (κ2) is 10.9. The van der Waals surface area contributed by atoms with Gasteiger partial charge in [0.25, 0.3) is 0 Å². The van der Waals surface area contributed by atoms with Crippen LogP contribution in [0.2, 0.25) is 0 Å². The van der Waals surface area contributed by atoms with Crippen LogP contribution in [0.3, 0.4) is 0 Å². The van der Waals surface area contributed by atoms with E-state index in [1.54, 1.807) is 10.3 Å². The molecule has 1 aromatic heterocycles. The summed E-state index contributed by atoms with van der Waals surface area (Å²) in [5, 5.41) is 8.04. The van der Waals surface area contributed by atoms with Gasteiger partial charge in [0, 0.05) is 17.3 Å². The highest BCUT2D eigenvalue weighted by molar-refractivity contribution is 7.13. The number of carbonyl (C=O) groups is 3. The number of nitrogens with one attached hydrogen (secondary N) is 2. The van der Waals surface area contributed by atoms with Gasteiger partial charge in [0.05, 0.1) is 18.2 Å². The molecule has 176 valence electrons. The summed E-state index contributed by atoms with van der Waals surface area (Å²) in [6.45, 7) is 2.02. The second-order valence-corrected chi connectivity index (χ2v) is 9.96. The molecule has 4 rings (SSSR count). The van der Waals surface area contributed by atoms with Crippen molar-refractivity contribution in [3.8, 4) is 0 Å². The first-order chi connectivity index (χ1) is 16.0. The minimum absolute atomic E-state index is 0.0652. The third kappa shape index (κ3) is 6.63. The third-order valence-corrected chi connectivity index (χ3v) is 7.16. The predicted molar refractivity (Wildman–Crippen MR) is 129 cm³/mol. The molecular formula is C25H32N4O3S. The molecule has 2 N–H and O–H groups in total. The number of rotatable bonds is 9. The number of aromatic nitrogens is 1. The lowest BCUT2D eigenvalue weighted by Crippen LogP contribution is -2.43. The monoisotopic (exact) mass is 468 g/mol. The predicted octanol–water partition coefficient (Wildman–Crippen LogP) is 4.07. The van der Waals surface area contributed by atoms with Gasteiger partial charge in [0.2, 0.25) is 17.7 Å². The van der Waals surface area contributed by atoms with Crippen molar-refractivity contribution in [3.05, 3.63) is 47.0 Å². The van der Waals surface area contributed by atoms with Crippen LogP contribution in [0.4, 0.5) is 5.13 Å². The zero-order valence-corrected chi connectivity index (χ0v) is 19.9. The van der Waals surface area contributed by atoms with Crippen LogP contribution in [0.25, 0.3) is 0 Å². The van der Waals surface area contributed by atoms with Crippen molar-refractivity contribution >= 4 is 34.2 Å². The van der Waals surface area contributed by atoms with Gasteiger partial charge in [-0.1, -0.05) is 49.6 Å². The van der Waals surface area contributed by atoms with Crippen LogP contribution in [0.15, 0.2) is 35.7 Å². The lowest BCUT2D eigenvalue weighted by molar-refractivity contribution is -0.139. The van der Waals surface area contributed by atoms with E-state index in [4.69, 9.17) is 0 Å². The highest BCUT2D eigenvalue weighted by Gasteiger charge is 2.37. The van der Waals surface area contributed by atoms with Gasteiger partial charge in [-0.05, 0) is 38.2 Å². The van der Waals surface area contributed by atoms with Crippen LogP contribution in [0, 0.1) is 5.92 Å². The van der Waals surface area contributed by atoms with E-state index < -0.39 is 0 Å². The van der Waals surface area contributed by atoms with Crippen molar-refractivity contribution in [1.29, 1.82) is 0 Å². The van der Waals surface area contributed by atoms with E-state index in [-0.39, 0.29) is 48.7 Å². The third-order valence-electron chi connectivity index (χ3n) is 6.36. The molecule has 1 unspecified atom stereocenters. The van der Waals surface area contributed by atoms with Gasteiger partial charge < -0.3 is 15.5 Å². The summed E-state index contributed by atoms with van der Waals surface area (Å²) in [4.78, 5) is 44.2. The molecule has 2 saturated carbocycles. The van der Waals surface area contributed by atoms with Crippen LogP contribution in [0.5, 0.6) is 0 Å². The Morgan fingerprint density at radius 1 is 1.06 bits per heavy atom. The van der Waals surface area contributed by atoms with Crippen LogP contribution in [0.1, 0.15) is 69.2 Å². The van der Waals surface area contributed by atoms with Gasteiger partial charge in [-0.2, -0.15) is 0 Å². The van der Waals surface area contributed by atoms with Gasteiger partial charge >= 0.3 is 0 Å². The largest absolute Gasteiger partial charge is 0.349 e. The molecule has 0 aliphatic heterocycles. The summed E-state index contributed by atoms with van der Waals surface area (Å²) in [5.41, 5.74) is 1.66. The summed E-state index contributed by atoms with van der Waals surface area (Å²) < 4.78 is 0. The molecule has 3 amide bonds. The molecule has 2 fully saturated rings. The molecule has 2 aliphatic carbocycles. The van der Waals surface area contributed by atoms with Crippen molar-refractivity contribution in [2.75, 3.05) is 11.9 Å². The summed E-state index contributed by atoms with van der Waals surface area (Å²) in [6.07, 6.45) is 7.37. The Balaban J connectivity index is 1.27. The molecule has 8 heteroatoms. The van der Waals surface area contributed by atoms with Gasteiger partial charge in [0.15, 0.2) is 5.13 Å². The Kier molecular flexibility index (Phi) is 7.75. The number of amides is 3. The number of hydrogen-bond donors (Lipinski definition) is 2. The Hall–Kier alpha value is -2.74. The van der Waals surface area contributed by atoms with E-state index >= 15 is 0 Å². The number of anilines is 1. The smallest absolute Gasteiger partial charge is 0.245 e. The Morgan fingerprint density at radius 3 is 2.48 bits per heavy atom. The number of benzene rings is 1. The first kappa shape index (κ1) is 23.4. The molecule has 7 nitrogen and oxygen atoms in total. The lowest BCUT2D eigenvalue weighted by Gasteiger charge is -2.28. The Morgan fingerprint density at radius 2 is 1.79 bits per heavy atom. The van der Waals surface area contributed by atoms with Crippen LogP contribution >= 0.6 is 11.3 Å². The highest BCUT2D eigenvalue weighted by atomic mass is 32.1. The number of thiazole rings is 1. The van der Waals surface area contributed by atoms with Crippen LogP contribution in [-0.2, 0) is 20.8 Å². The van der Waals surface area contributed by atoms with Crippen molar-refractivity contribution in [2.45, 2.75) is 70.4 Å². The van der Waals surface area contributed by atoms with E-state index in [0.29, 0.717) is 10.8 Å². The molecule has 2 aromatic rings. The molecule has 33 heavy (non-hydrogen) atoms. The normalized spacial score (nSPS) is 17.2. The van der Waals surface area contributed by atoms with Crippen molar-refractivity contribution in [2.24, 2.45) is 5.92 Å². The minimum atomic E-state index is -0.228. The van der Waals surface area contributed by atoms with Crippen LogP contribution < -0.4 is 10.6 Å². The fourth-order valence-corrected chi connectivity index (χ4v) is 5.12. The van der Waals surface area contributed by atoms with E-state index in [9.17, 15) is 14.4 Å². The Labute approximate surface area is 199 Å². The van der Waals surface area contributed by atoms with E-state index in [0.717, 1.165) is 44.1 Å². The second-order valence-electron chi connectivity index (χ2n) is 9.10. The summed E-state index contributed by atoms with van der Waals surface area (Å²) >= 11 is 1.30. The van der Waals surface area contributed by atoms with Crippen LogP contribution in [-0.4, -0.2) is 40.2 Å². The Bertz CT molecular complexity index is 967. The molecule has 0 bridgehead atoms. The quantitative estimate of drug-likeness (QED) is 0.580. The van der Waals surface area contributed by atoms with Gasteiger partial charge in [-0.15, -0.1) is 11.3 Å². The minimum Gasteiger partial charge on any atom is -0.349 e. The molecular weight excluding hydrogens is 436 g/mol. The fraction of sp³-hybridized carbons (Fsp3) is 0.520. The molecule has 0 spiro atoms. The molecule has 0 radical (unpaired) electrons. The number of carbonyl (C=O) groups excluding carboxylic acids is 3. The van der Waals surface area contributed by atoms with Gasteiger partial charge in [-0.3, -0.25) is 14.4 Å². The SMILES string of the molecule is CC(NC(=O)Cc1csc(NC(=O)CN(C(=O)C2CCCCC2)C2CC2)n1)c1ccccc1. The van der Waals surface area contributed by atoms with Gasteiger partial charge in [0.1, 0.15) is 6.54 Å². The number of hydrogen-bond acceptors (Lipinski definition) is 5. The average molecular weight is 469 g/mol. The topological polar surface area (TPSA) is 91.4 Å². The van der Waals surface area contributed by atoms with E-state index in [1.807, 2.05) is 37.3 Å². The van der Waals surface area contributed by atoms with E-state index in [1.165, 1.54) is 17.8 Å². The first-order valence-electron chi connectivity index (χ1n) is 11.9. The van der Waals surface area contributed by atoms with Crippen molar-refractivity contribution < 1.29 is 14.4 Å². The fourth-order valence-electron chi connectivity index (χ4n) is 4.40. The maximum atomic E-state index is 13.0. The molecule has 1 heterocycles. The number of nitrogens with zero attached hydrogens (tertiary/aromatic N) is 2. The molecule has 1 atom stereocenters. The zero-order chi connectivity index (χ0) is 23.2. The highest BCUT2D eigenvalue weighted by Crippen LogP contribution is 2.32.